The van der Waals surface area contributed by atoms with E-state index in [1.165, 1.54) is 13.8 Å². The topological polar surface area (TPSA) is 72.8 Å². The number of aliphatic hydroxyl groups is 1. The first-order chi connectivity index (χ1) is 8.31. The van der Waals surface area contributed by atoms with Gasteiger partial charge in [0.25, 0.3) is 0 Å². The van der Waals surface area contributed by atoms with Crippen LogP contribution in [-0.2, 0) is 19.3 Å². The van der Waals surface area contributed by atoms with Gasteiger partial charge in [-0.2, -0.15) is 0 Å². The van der Waals surface area contributed by atoms with Crippen LogP contribution >= 0.6 is 0 Å². The van der Waals surface area contributed by atoms with Crippen molar-refractivity contribution in [2.75, 3.05) is 25.6 Å². The molecule has 0 amide bonds. The number of rotatable bonds is 6. The molecule has 1 atom stereocenters. The van der Waals surface area contributed by atoms with E-state index in [9.17, 15) is 13.5 Å². The minimum atomic E-state index is -3.41. The van der Waals surface area contributed by atoms with Crippen molar-refractivity contribution >= 4 is 9.84 Å². The van der Waals surface area contributed by atoms with E-state index in [1.54, 1.807) is 6.92 Å². The Balaban J connectivity index is 2.71. The van der Waals surface area contributed by atoms with Gasteiger partial charge in [0.2, 0.25) is 0 Å². The summed E-state index contributed by atoms with van der Waals surface area (Å²) in [5.74, 6) is 0.213. The minimum absolute atomic E-state index is 0.0908. The molecular weight excluding hydrogens is 256 g/mol. The summed E-state index contributed by atoms with van der Waals surface area (Å²) in [7, 11) is -3.41. The first kappa shape index (κ1) is 15.9. The molecule has 108 valence electrons. The molecule has 0 aliphatic carbocycles. The molecular formula is C12H24O5S. The van der Waals surface area contributed by atoms with Crippen molar-refractivity contribution in [3.63, 3.8) is 0 Å². The van der Waals surface area contributed by atoms with Crippen molar-refractivity contribution in [2.45, 2.75) is 44.6 Å². The van der Waals surface area contributed by atoms with Crippen molar-refractivity contribution < 1.29 is 23.0 Å². The Morgan fingerprint density at radius 2 is 1.94 bits per heavy atom. The highest BCUT2D eigenvalue weighted by Crippen LogP contribution is 2.27. The van der Waals surface area contributed by atoms with Crippen molar-refractivity contribution in [3.05, 3.63) is 0 Å². The monoisotopic (exact) mass is 280 g/mol. The predicted molar refractivity (Wildman–Crippen MR) is 69.0 cm³/mol. The van der Waals surface area contributed by atoms with Crippen LogP contribution in [0.15, 0.2) is 0 Å². The van der Waals surface area contributed by atoms with Gasteiger partial charge in [-0.1, -0.05) is 0 Å². The predicted octanol–water partition coefficient (Wildman–Crippen LogP) is 0.961. The molecule has 0 saturated carbocycles. The third kappa shape index (κ3) is 3.66. The van der Waals surface area contributed by atoms with Crippen LogP contribution < -0.4 is 0 Å². The Kier molecular flexibility index (Phi) is 5.58. The summed E-state index contributed by atoms with van der Waals surface area (Å²) in [4.78, 5) is 0. The van der Waals surface area contributed by atoms with E-state index in [1.807, 2.05) is 0 Å². The summed E-state index contributed by atoms with van der Waals surface area (Å²) in [6, 6.07) is 0. The van der Waals surface area contributed by atoms with Gasteiger partial charge in [0.15, 0.2) is 16.1 Å². The van der Waals surface area contributed by atoms with Crippen molar-refractivity contribution in [3.8, 4) is 0 Å². The second kappa shape index (κ2) is 6.32. The molecule has 1 rings (SSSR count). The minimum Gasteiger partial charge on any atom is -0.381 e. The maximum absolute atomic E-state index is 12.4. The first-order valence-corrected chi connectivity index (χ1v) is 8.06. The normalized spacial score (nSPS) is 20.9. The van der Waals surface area contributed by atoms with E-state index in [0.29, 0.717) is 13.2 Å². The van der Waals surface area contributed by atoms with Crippen LogP contribution in [-0.4, -0.2) is 50.1 Å². The van der Waals surface area contributed by atoms with Gasteiger partial charge in [-0.3, -0.25) is 0 Å². The second-order valence-electron chi connectivity index (χ2n) is 5.25. The summed E-state index contributed by atoms with van der Waals surface area (Å²) < 4.78 is 33.7. The number of ether oxygens (including phenoxy) is 2. The van der Waals surface area contributed by atoms with Crippen molar-refractivity contribution in [2.24, 2.45) is 5.92 Å². The van der Waals surface area contributed by atoms with Gasteiger partial charge in [0.1, 0.15) is 4.75 Å². The molecule has 1 unspecified atom stereocenters. The summed E-state index contributed by atoms with van der Waals surface area (Å²) >= 11 is 0. The second-order valence-corrected chi connectivity index (χ2v) is 7.86. The van der Waals surface area contributed by atoms with E-state index in [2.05, 4.69) is 0 Å². The maximum Gasteiger partial charge on any atom is 0.173 e. The summed E-state index contributed by atoms with van der Waals surface area (Å²) in [6.07, 6.45) is 0.243. The largest absolute Gasteiger partial charge is 0.381 e. The van der Waals surface area contributed by atoms with E-state index in [-0.39, 0.29) is 18.3 Å². The van der Waals surface area contributed by atoms with Gasteiger partial charge in [0, 0.05) is 19.8 Å². The lowest BCUT2D eigenvalue weighted by molar-refractivity contribution is -0.113. The smallest absolute Gasteiger partial charge is 0.173 e. The van der Waals surface area contributed by atoms with E-state index < -0.39 is 20.9 Å². The quantitative estimate of drug-likeness (QED) is 0.734. The summed E-state index contributed by atoms with van der Waals surface area (Å²) in [5, 5.41) is 9.82. The SMILES string of the molecule is CCOC(O)C(C)(C)S(=O)(=O)CC1CCOCC1. The van der Waals surface area contributed by atoms with E-state index in [4.69, 9.17) is 9.47 Å². The zero-order chi connectivity index (χ0) is 13.8. The van der Waals surface area contributed by atoms with Gasteiger partial charge < -0.3 is 14.6 Å². The molecule has 0 aromatic carbocycles. The van der Waals surface area contributed by atoms with Gasteiger partial charge in [-0.25, -0.2) is 8.42 Å². The molecule has 0 aromatic rings. The third-order valence-electron chi connectivity index (χ3n) is 3.52. The molecule has 0 radical (unpaired) electrons. The lowest BCUT2D eigenvalue weighted by Gasteiger charge is -2.32. The number of aliphatic hydroxyl groups excluding tert-OH is 1. The average Bonchev–Trinajstić information content (AvgIpc) is 2.29. The van der Waals surface area contributed by atoms with Crippen LogP contribution in [0.25, 0.3) is 0 Å². The fraction of sp³-hybridized carbons (Fsp3) is 1.00. The van der Waals surface area contributed by atoms with Crippen LogP contribution in [0.4, 0.5) is 0 Å². The first-order valence-electron chi connectivity index (χ1n) is 6.41. The van der Waals surface area contributed by atoms with Crippen molar-refractivity contribution in [1.29, 1.82) is 0 Å². The molecule has 0 aromatic heterocycles. The summed E-state index contributed by atoms with van der Waals surface area (Å²) in [6.45, 7) is 6.29. The van der Waals surface area contributed by atoms with Gasteiger partial charge in [0.05, 0.1) is 5.75 Å². The van der Waals surface area contributed by atoms with Crippen LogP contribution in [0, 0.1) is 5.92 Å². The highest BCUT2D eigenvalue weighted by atomic mass is 32.2. The van der Waals surface area contributed by atoms with Crippen LogP contribution in [0.5, 0.6) is 0 Å². The van der Waals surface area contributed by atoms with Gasteiger partial charge in [-0.05, 0) is 39.5 Å². The van der Waals surface area contributed by atoms with Crippen LogP contribution in [0.1, 0.15) is 33.6 Å². The molecule has 1 N–H and O–H groups in total. The molecule has 18 heavy (non-hydrogen) atoms. The number of hydrogen-bond donors (Lipinski definition) is 1. The third-order valence-corrected chi connectivity index (χ3v) is 6.23. The maximum atomic E-state index is 12.4. The summed E-state index contributed by atoms with van der Waals surface area (Å²) in [5.41, 5.74) is 0. The van der Waals surface area contributed by atoms with Gasteiger partial charge in [-0.15, -0.1) is 0 Å². The zero-order valence-corrected chi connectivity index (χ0v) is 12.2. The molecule has 1 heterocycles. The molecule has 1 saturated heterocycles. The molecule has 0 bridgehead atoms. The van der Waals surface area contributed by atoms with Crippen LogP contribution in [0.3, 0.4) is 0 Å². The zero-order valence-electron chi connectivity index (χ0n) is 11.4. The molecule has 1 aliphatic heterocycles. The average molecular weight is 280 g/mol. The number of hydrogen-bond acceptors (Lipinski definition) is 5. The lowest BCUT2D eigenvalue weighted by atomic mass is 10.0. The molecule has 1 fully saturated rings. The van der Waals surface area contributed by atoms with E-state index >= 15 is 0 Å². The Morgan fingerprint density at radius 3 is 2.44 bits per heavy atom. The Labute approximate surface area is 109 Å². The van der Waals surface area contributed by atoms with Gasteiger partial charge >= 0.3 is 0 Å². The Hall–Kier alpha value is -0.170. The van der Waals surface area contributed by atoms with Crippen LogP contribution in [0.2, 0.25) is 0 Å². The molecule has 0 spiro atoms. The molecule has 1 aliphatic rings. The fourth-order valence-corrected chi connectivity index (χ4v) is 3.71. The molecule has 5 nitrogen and oxygen atoms in total. The highest BCUT2D eigenvalue weighted by molar-refractivity contribution is 7.92. The fourth-order valence-electron chi connectivity index (χ4n) is 1.95. The Morgan fingerprint density at radius 1 is 1.39 bits per heavy atom. The molecule has 6 heteroatoms. The lowest BCUT2D eigenvalue weighted by Crippen LogP contribution is -2.48. The Bertz CT molecular complexity index is 343. The van der Waals surface area contributed by atoms with Crippen molar-refractivity contribution in [1.82, 2.24) is 0 Å². The van der Waals surface area contributed by atoms with E-state index in [0.717, 1.165) is 12.8 Å². The number of sulfone groups is 1. The highest BCUT2D eigenvalue weighted by Gasteiger charge is 2.42. The standard InChI is InChI=1S/C12H24O5S/c1-4-17-11(13)12(2,3)18(14,15)9-10-5-7-16-8-6-10/h10-11,13H,4-9H2,1-3H3.